The van der Waals surface area contributed by atoms with E-state index in [0.717, 1.165) is 22.3 Å². The molecule has 3 aromatic carbocycles. The first-order chi connectivity index (χ1) is 18.0. The SMILES string of the molecule is Cc1cc(C(O)=C2C(=O)C(=O)N(Cc3cccnc3)[C@@H]2c2ccccc2)ccc1OCc1ccccc1. The molecule has 0 bridgehead atoms. The predicted molar refractivity (Wildman–Crippen MR) is 140 cm³/mol. The third-order valence-electron chi connectivity index (χ3n) is 6.42. The number of likely N-dealkylation sites (tertiary alicyclic amines) is 1. The van der Waals surface area contributed by atoms with Crippen molar-refractivity contribution >= 4 is 17.4 Å². The number of rotatable bonds is 7. The Hall–Kier alpha value is -4.71. The van der Waals surface area contributed by atoms with Crippen molar-refractivity contribution in [2.24, 2.45) is 0 Å². The topological polar surface area (TPSA) is 79.7 Å². The molecule has 1 aromatic heterocycles. The Kier molecular flexibility index (Phi) is 6.81. The molecular formula is C31H26N2O4. The van der Waals surface area contributed by atoms with Crippen molar-refractivity contribution in [2.75, 3.05) is 0 Å². The number of aliphatic hydroxyl groups excluding tert-OH is 1. The van der Waals surface area contributed by atoms with Gasteiger partial charge in [-0.15, -0.1) is 0 Å². The molecule has 0 aliphatic carbocycles. The number of amides is 1. The first kappa shape index (κ1) is 24.0. The van der Waals surface area contributed by atoms with Gasteiger partial charge in [-0.2, -0.15) is 0 Å². The van der Waals surface area contributed by atoms with Gasteiger partial charge in [-0.05, 0) is 53.4 Å². The molecular weight excluding hydrogens is 464 g/mol. The standard InChI is InChI=1S/C31H26N2O4/c1-21-17-25(14-15-26(21)37-20-22-9-4-2-5-10-22)29(34)27-28(24-12-6-3-7-13-24)33(31(36)30(27)35)19-23-11-8-16-32-18-23/h2-18,28,34H,19-20H2,1H3/t28-/m1/s1. The molecule has 1 atom stereocenters. The number of aryl methyl sites for hydroxylation is 1. The Morgan fingerprint density at radius 2 is 1.62 bits per heavy atom. The summed E-state index contributed by atoms with van der Waals surface area (Å²) in [5.74, 6) is -0.897. The Morgan fingerprint density at radius 1 is 0.919 bits per heavy atom. The molecule has 4 aromatic rings. The van der Waals surface area contributed by atoms with Crippen molar-refractivity contribution < 1.29 is 19.4 Å². The van der Waals surface area contributed by atoms with Gasteiger partial charge >= 0.3 is 0 Å². The van der Waals surface area contributed by atoms with Gasteiger partial charge in [-0.1, -0.05) is 66.7 Å². The highest BCUT2D eigenvalue weighted by Crippen LogP contribution is 2.40. The fourth-order valence-electron chi connectivity index (χ4n) is 4.56. The Bertz CT molecular complexity index is 1450. The average molecular weight is 491 g/mol. The Labute approximate surface area is 215 Å². The molecule has 0 saturated carbocycles. The summed E-state index contributed by atoms with van der Waals surface area (Å²) >= 11 is 0. The van der Waals surface area contributed by atoms with Gasteiger partial charge in [0.1, 0.15) is 18.1 Å². The number of ketones is 1. The third-order valence-corrected chi connectivity index (χ3v) is 6.42. The molecule has 1 N–H and O–H groups in total. The lowest BCUT2D eigenvalue weighted by molar-refractivity contribution is -0.140. The summed E-state index contributed by atoms with van der Waals surface area (Å²) in [5.41, 5.74) is 3.90. The highest BCUT2D eigenvalue weighted by molar-refractivity contribution is 6.46. The van der Waals surface area contributed by atoms with Crippen LogP contribution in [0.25, 0.3) is 5.76 Å². The predicted octanol–water partition coefficient (Wildman–Crippen LogP) is 5.59. The van der Waals surface area contributed by atoms with E-state index in [1.165, 1.54) is 4.90 Å². The maximum atomic E-state index is 13.3. The number of nitrogens with zero attached hydrogens (tertiary/aromatic N) is 2. The average Bonchev–Trinajstić information content (AvgIpc) is 3.18. The smallest absolute Gasteiger partial charge is 0.295 e. The number of carbonyl (C=O) groups excluding carboxylic acids is 2. The summed E-state index contributed by atoms with van der Waals surface area (Å²) in [6.45, 7) is 2.49. The molecule has 0 spiro atoms. The fourth-order valence-corrected chi connectivity index (χ4v) is 4.56. The zero-order valence-corrected chi connectivity index (χ0v) is 20.4. The second-order valence-electron chi connectivity index (χ2n) is 8.95. The summed E-state index contributed by atoms with van der Waals surface area (Å²) in [4.78, 5) is 32.1. The lowest BCUT2D eigenvalue weighted by Gasteiger charge is -2.25. The van der Waals surface area contributed by atoms with Crippen LogP contribution in [0.5, 0.6) is 5.75 Å². The van der Waals surface area contributed by atoms with E-state index in [4.69, 9.17) is 4.74 Å². The van der Waals surface area contributed by atoms with E-state index in [1.807, 2.05) is 73.7 Å². The molecule has 0 radical (unpaired) electrons. The molecule has 5 rings (SSSR count). The van der Waals surface area contributed by atoms with E-state index >= 15 is 0 Å². The van der Waals surface area contributed by atoms with Gasteiger partial charge in [0.15, 0.2) is 0 Å². The van der Waals surface area contributed by atoms with Gasteiger partial charge in [-0.3, -0.25) is 14.6 Å². The highest BCUT2D eigenvalue weighted by atomic mass is 16.5. The third kappa shape index (κ3) is 5.00. The lowest BCUT2D eigenvalue weighted by Crippen LogP contribution is -2.29. The molecule has 6 nitrogen and oxygen atoms in total. The molecule has 6 heteroatoms. The van der Waals surface area contributed by atoms with Crippen LogP contribution in [-0.2, 0) is 22.7 Å². The van der Waals surface area contributed by atoms with Crippen molar-refractivity contribution in [3.63, 3.8) is 0 Å². The van der Waals surface area contributed by atoms with Crippen molar-refractivity contribution in [1.82, 2.24) is 9.88 Å². The molecule has 1 aliphatic rings. The molecule has 37 heavy (non-hydrogen) atoms. The minimum atomic E-state index is -0.726. The van der Waals surface area contributed by atoms with Crippen LogP contribution in [0.4, 0.5) is 0 Å². The number of hydrogen-bond acceptors (Lipinski definition) is 5. The van der Waals surface area contributed by atoms with E-state index < -0.39 is 17.7 Å². The number of aliphatic hydroxyl groups is 1. The van der Waals surface area contributed by atoms with Gasteiger partial charge in [-0.25, -0.2) is 0 Å². The summed E-state index contributed by atoms with van der Waals surface area (Å²) in [7, 11) is 0. The normalized spacial score (nSPS) is 16.7. The van der Waals surface area contributed by atoms with Crippen LogP contribution in [0.15, 0.2) is 109 Å². The summed E-state index contributed by atoms with van der Waals surface area (Å²) < 4.78 is 5.96. The Balaban J connectivity index is 1.50. The van der Waals surface area contributed by atoms with Crippen molar-refractivity contribution in [3.05, 3.63) is 137 Å². The summed E-state index contributed by atoms with van der Waals surface area (Å²) in [5, 5.41) is 11.4. The van der Waals surface area contributed by atoms with Crippen LogP contribution in [0.2, 0.25) is 0 Å². The minimum absolute atomic E-state index is 0.0671. The van der Waals surface area contributed by atoms with Gasteiger partial charge < -0.3 is 14.7 Å². The molecule has 0 unspecified atom stereocenters. The van der Waals surface area contributed by atoms with Gasteiger partial charge in [0.2, 0.25) is 0 Å². The van der Waals surface area contributed by atoms with E-state index in [0.29, 0.717) is 17.9 Å². The molecule has 1 amide bonds. The van der Waals surface area contributed by atoms with E-state index in [-0.39, 0.29) is 17.9 Å². The Morgan fingerprint density at radius 3 is 2.30 bits per heavy atom. The molecule has 1 fully saturated rings. The number of ether oxygens (including phenoxy) is 1. The van der Waals surface area contributed by atoms with Crippen LogP contribution in [-0.4, -0.2) is 26.7 Å². The second-order valence-corrected chi connectivity index (χ2v) is 8.95. The summed E-state index contributed by atoms with van der Waals surface area (Å²) in [6.07, 6.45) is 3.32. The van der Waals surface area contributed by atoms with E-state index in [2.05, 4.69) is 4.98 Å². The van der Waals surface area contributed by atoms with Crippen LogP contribution < -0.4 is 4.74 Å². The van der Waals surface area contributed by atoms with Crippen LogP contribution in [0, 0.1) is 6.92 Å². The van der Waals surface area contributed by atoms with Gasteiger partial charge in [0.25, 0.3) is 11.7 Å². The van der Waals surface area contributed by atoms with E-state index in [9.17, 15) is 14.7 Å². The highest BCUT2D eigenvalue weighted by Gasteiger charge is 2.46. The monoisotopic (exact) mass is 490 g/mol. The van der Waals surface area contributed by atoms with E-state index in [1.54, 1.807) is 36.7 Å². The fraction of sp³-hybridized carbons (Fsp3) is 0.129. The number of aromatic nitrogens is 1. The molecule has 1 aliphatic heterocycles. The van der Waals surface area contributed by atoms with Crippen LogP contribution in [0.1, 0.15) is 33.9 Å². The van der Waals surface area contributed by atoms with Gasteiger partial charge in [0.05, 0.1) is 11.6 Å². The van der Waals surface area contributed by atoms with Crippen molar-refractivity contribution in [2.45, 2.75) is 26.1 Å². The molecule has 2 heterocycles. The summed E-state index contributed by atoms with van der Waals surface area (Å²) in [6, 6.07) is 27.3. The number of hydrogen-bond donors (Lipinski definition) is 1. The minimum Gasteiger partial charge on any atom is -0.507 e. The number of benzene rings is 3. The zero-order valence-electron chi connectivity index (χ0n) is 20.4. The largest absolute Gasteiger partial charge is 0.507 e. The quantitative estimate of drug-likeness (QED) is 0.208. The maximum Gasteiger partial charge on any atom is 0.295 e. The van der Waals surface area contributed by atoms with Crippen LogP contribution >= 0.6 is 0 Å². The molecule has 184 valence electrons. The zero-order chi connectivity index (χ0) is 25.8. The number of pyridine rings is 1. The lowest BCUT2D eigenvalue weighted by atomic mass is 9.94. The first-order valence-electron chi connectivity index (χ1n) is 12.0. The number of carbonyl (C=O) groups is 2. The van der Waals surface area contributed by atoms with Crippen molar-refractivity contribution in [1.29, 1.82) is 0 Å². The molecule has 1 saturated heterocycles. The van der Waals surface area contributed by atoms with Gasteiger partial charge in [0, 0.05) is 24.5 Å². The maximum absolute atomic E-state index is 13.3. The van der Waals surface area contributed by atoms with Crippen LogP contribution in [0.3, 0.4) is 0 Å². The first-order valence-corrected chi connectivity index (χ1v) is 12.0. The number of Topliss-reactive ketones (excluding diaryl/α,β-unsaturated/α-hetero) is 1. The second kappa shape index (κ2) is 10.5. The van der Waals surface area contributed by atoms with Crippen molar-refractivity contribution in [3.8, 4) is 5.75 Å².